The fourth-order valence-corrected chi connectivity index (χ4v) is 14.3. The van der Waals surface area contributed by atoms with Gasteiger partial charge in [-0.15, -0.1) is 5.10 Å². The molecule has 5 aliphatic carbocycles. The van der Waals surface area contributed by atoms with Gasteiger partial charge in [0.2, 0.25) is 0 Å². The summed E-state index contributed by atoms with van der Waals surface area (Å²) in [5.41, 5.74) is 2.29. The Bertz CT molecular complexity index is 1830. The first kappa shape index (κ1) is 49.2. The van der Waals surface area contributed by atoms with E-state index in [0.717, 1.165) is 96.3 Å². The van der Waals surface area contributed by atoms with Crippen LogP contribution in [0.4, 0.5) is 0 Å². The van der Waals surface area contributed by atoms with Crippen LogP contribution >= 0.6 is 0 Å². The number of aliphatic carboxylic acids is 1. The lowest BCUT2D eigenvalue weighted by Crippen LogP contribution is -2.65. The first-order valence-electron chi connectivity index (χ1n) is 25.4. The summed E-state index contributed by atoms with van der Waals surface area (Å²) in [6.07, 6.45) is 36.9. The summed E-state index contributed by atoms with van der Waals surface area (Å²) < 4.78 is 13.3. The van der Waals surface area contributed by atoms with Crippen LogP contribution in [0.15, 0.2) is 42.2 Å². The number of unbranched alkanes of at least 4 members (excludes halogenated alkanes) is 8. The van der Waals surface area contributed by atoms with Gasteiger partial charge in [-0.1, -0.05) is 129 Å². The number of carbonyl (C=O) groups excluding carboxylic acids is 2. The molecule has 0 radical (unpaired) electrons. The minimum Gasteiger partial charge on any atom is -0.481 e. The van der Waals surface area contributed by atoms with Gasteiger partial charge in [-0.05, 0) is 148 Å². The van der Waals surface area contributed by atoms with Gasteiger partial charge in [0.05, 0.1) is 12.6 Å². The molecule has 8 atom stereocenters. The van der Waals surface area contributed by atoms with Gasteiger partial charge in [-0.2, -0.15) is 0 Å². The van der Waals surface area contributed by atoms with Gasteiger partial charge in [0, 0.05) is 11.8 Å². The van der Waals surface area contributed by atoms with Crippen molar-refractivity contribution in [2.75, 3.05) is 0 Å². The lowest BCUT2D eigenvalue weighted by atomic mass is 9.33. The van der Waals surface area contributed by atoms with Crippen molar-refractivity contribution in [3.63, 3.8) is 0 Å². The highest BCUT2D eigenvalue weighted by Gasteiger charge is 2.68. The van der Waals surface area contributed by atoms with Crippen LogP contribution in [0.1, 0.15) is 209 Å². The molecular weight excluding hydrogens is 787 g/mol. The normalized spacial score (nSPS) is 33.2. The molecule has 1 heterocycles. The predicted molar refractivity (Wildman–Crippen MR) is 250 cm³/mol. The largest absolute Gasteiger partial charge is 0.481 e. The summed E-state index contributed by atoms with van der Waals surface area (Å²) in [6, 6.07) is 0. The molecule has 0 bridgehead atoms. The average molecular weight is 872 g/mol. The van der Waals surface area contributed by atoms with Crippen LogP contribution in [0.2, 0.25) is 0 Å². The molecule has 0 amide bonds. The summed E-state index contributed by atoms with van der Waals surface area (Å²) in [7, 11) is 0. The van der Waals surface area contributed by atoms with Crippen molar-refractivity contribution >= 4 is 17.9 Å². The van der Waals surface area contributed by atoms with Gasteiger partial charge in [0.1, 0.15) is 24.9 Å². The molecule has 0 spiro atoms. The number of hydrogen-bond donors (Lipinski definition) is 1. The first-order chi connectivity index (χ1) is 29.9. The molecule has 352 valence electrons. The summed E-state index contributed by atoms with van der Waals surface area (Å²) in [6.45, 7) is 19.4. The van der Waals surface area contributed by atoms with Crippen molar-refractivity contribution in [2.24, 2.45) is 50.2 Å². The molecule has 4 fully saturated rings. The van der Waals surface area contributed by atoms with E-state index in [0.29, 0.717) is 36.3 Å². The second-order valence-corrected chi connectivity index (χ2v) is 23.0. The Morgan fingerprint density at radius 3 is 2.24 bits per heavy atom. The number of rotatable bonds is 21. The summed E-state index contributed by atoms with van der Waals surface area (Å²) in [5.74, 6) is 0.0838. The molecule has 0 saturated heterocycles. The highest BCUT2D eigenvalue weighted by molar-refractivity contribution is 5.70. The van der Waals surface area contributed by atoms with Crippen LogP contribution in [0.5, 0.6) is 0 Å². The van der Waals surface area contributed by atoms with Crippen LogP contribution < -0.4 is 0 Å². The number of esters is 2. The number of allylic oxidation sites excluding steroid dienone is 6. The Kier molecular flexibility index (Phi) is 16.0. The molecule has 0 aliphatic heterocycles. The van der Waals surface area contributed by atoms with Crippen molar-refractivity contribution < 1.29 is 29.0 Å². The summed E-state index contributed by atoms with van der Waals surface area (Å²) >= 11 is 0. The highest BCUT2D eigenvalue weighted by atomic mass is 16.5. The highest BCUT2D eigenvalue weighted by Crippen LogP contribution is 2.76. The minimum atomic E-state index is -0.640. The van der Waals surface area contributed by atoms with Gasteiger partial charge < -0.3 is 14.6 Å². The zero-order valence-corrected chi connectivity index (χ0v) is 40.8. The van der Waals surface area contributed by atoms with E-state index in [1.165, 1.54) is 43.2 Å². The third-order valence-electron chi connectivity index (χ3n) is 18.1. The molecule has 5 aliphatic rings. The van der Waals surface area contributed by atoms with E-state index in [9.17, 15) is 19.5 Å². The maximum Gasteiger partial charge on any atom is 0.328 e. The number of carboxylic acid groups (broad SMARTS) is 1. The molecule has 1 aromatic rings. The average Bonchev–Trinajstić information content (AvgIpc) is 3.67. The van der Waals surface area contributed by atoms with Crippen LogP contribution in [0, 0.1) is 50.2 Å². The topological polar surface area (TPSA) is 121 Å². The second kappa shape index (κ2) is 20.5. The molecule has 63 heavy (non-hydrogen) atoms. The number of nitrogens with zero attached hydrogens (tertiary/aromatic N) is 3. The molecule has 1 N–H and O–H groups in total. The van der Waals surface area contributed by atoms with Crippen LogP contribution in [0.3, 0.4) is 0 Å². The number of aromatic nitrogens is 3. The third kappa shape index (κ3) is 10.9. The summed E-state index contributed by atoms with van der Waals surface area (Å²) in [5, 5.41) is 18.5. The number of carboxylic acids is 1. The number of fused-ring (bicyclic) bond motifs is 7. The number of ether oxygens (including phenoxy) is 2. The lowest BCUT2D eigenvalue weighted by Gasteiger charge is -2.71. The Morgan fingerprint density at radius 2 is 1.51 bits per heavy atom. The van der Waals surface area contributed by atoms with Crippen molar-refractivity contribution in [1.82, 2.24) is 15.0 Å². The van der Waals surface area contributed by atoms with E-state index in [4.69, 9.17) is 9.47 Å². The Labute approximate surface area is 381 Å². The molecule has 6 rings (SSSR count). The monoisotopic (exact) mass is 872 g/mol. The van der Waals surface area contributed by atoms with Gasteiger partial charge in [0.15, 0.2) is 0 Å². The second-order valence-electron chi connectivity index (χ2n) is 23.0. The minimum absolute atomic E-state index is 0.0324. The van der Waals surface area contributed by atoms with Crippen molar-refractivity contribution in [2.45, 2.75) is 222 Å². The maximum atomic E-state index is 13.5. The van der Waals surface area contributed by atoms with Crippen molar-refractivity contribution in [3.05, 3.63) is 47.8 Å². The van der Waals surface area contributed by atoms with E-state index in [1.54, 1.807) is 11.8 Å². The predicted octanol–water partition coefficient (Wildman–Crippen LogP) is 13.3. The van der Waals surface area contributed by atoms with Gasteiger partial charge in [-0.3, -0.25) is 14.4 Å². The van der Waals surface area contributed by atoms with Gasteiger partial charge >= 0.3 is 17.9 Å². The number of carbonyl (C=O) groups is 3. The lowest BCUT2D eigenvalue weighted by molar-refractivity contribution is -0.213. The zero-order chi connectivity index (χ0) is 45.5. The molecule has 1 aromatic heterocycles. The zero-order valence-electron chi connectivity index (χ0n) is 40.8. The molecule has 4 saturated carbocycles. The molecule has 0 aromatic carbocycles. The standard InChI is InChI=1S/C54H85N3O6/c1-9-10-11-12-13-14-15-16-17-18-19-20-21-22-23-24-47(60)62-39-40-37-57(56-55-40)38-48(61)63-45-28-29-51(6)43(50(45,4)5)27-30-53(8)44(51)26-25-41-42-35-49(2,3)31-33-54(42,36-46(58)59)34-32-52(41,53)7/h13-14,16-17,25,37,42-45H,9-12,15,18-24,26-36,38-39H2,1-8H3,(H,58,59)/b14-13-,17-16-/t42-,43?,44-,45+,51+,52-,53-,54-/m1/s1. The molecule has 9 heteroatoms. The molecule has 9 nitrogen and oxygen atoms in total. The van der Waals surface area contributed by atoms with Crippen molar-refractivity contribution in [3.8, 4) is 0 Å². The van der Waals surface area contributed by atoms with E-state index >= 15 is 0 Å². The van der Waals surface area contributed by atoms with E-state index in [2.05, 4.69) is 96.1 Å². The number of hydrogen-bond acceptors (Lipinski definition) is 7. The van der Waals surface area contributed by atoms with E-state index < -0.39 is 5.97 Å². The third-order valence-corrected chi connectivity index (χ3v) is 18.1. The Morgan fingerprint density at radius 1 is 0.810 bits per heavy atom. The SMILES string of the molecule is CCCCC/C=C\C/C=C\CCCCCCCC(=O)OCc1cn(CC(=O)O[C@H]2CC[C@@]3(C)C(CC[C@]4(C)[C@@H]3CC=C3[C@H]5CC(C)(C)CC[C@]5(CC(=O)O)CC[C@]34C)C2(C)C)nn1. The van der Waals surface area contributed by atoms with Gasteiger partial charge in [0.25, 0.3) is 0 Å². The molecule has 1 unspecified atom stereocenters. The Hall–Kier alpha value is -3.23. The van der Waals surface area contributed by atoms with Crippen LogP contribution in [-0.2, 0) is 37.0 Å². The smallest absolute Gasteiger partial charge is 0.328 e. The van der Waals surface area contributed by atoms with E-state index in [-0.39, 0.29) is 63.7 Å². The first-order valence-corrected chi connectivity index (χ1v) is 25.4. The van der Waals surface area contributed by atoms with Crippen LogP contribution in [0.25, 0.3) is 0 Å². The van der Waals surface area contributed by atoms with E-state index in [1.807, 2.05) is 0 Å². The quantitative estimate of drug-likeness (QED) is 0.0736. The Balaban J connectivity index is 0.945. The van der Waals surface area contributed by atoms with Crippen LogP contribution in [-0.4, -0.2) is 44.1 Å². The fraction of sp³-hybridized carbons (Fsp3) is 0.796. The van der Waals surface area contributed by atoms with Crippen molar-refractivity contribution in [1.29, 1.82) is 0 Å². The van der Waals surface area contributed by atoms with Gasteiger partial charge in [-0.25, -0.2) is 4.68 Å². The maximum absolute atomic E-state index is 13.5. The fourth-order valence-electron chi connectivity index (χ4n) is 14.3. The summed E-state index contributed by atoms with van der Waals surface area (Å²) in [4.78, 5) is 38.3. The molecular formula is C54H85N3O6.